The van der Waals surface area contributed by atoms with Gasteiger partial charge in [0.25, 0.3) is 0 Å². The molecule has 2 heterocycles. The molecule has 0 radical (unpaired) electrons. The van der Waals surface area contributed by atoms with Crippen LogP contribution in [-0.4, -0.2) is 61.6 Å². The fraction of sp³-hybridized carbons (Fsp3) is 0.926. The Morgan fingerprint density at radius 3 is 2.73 bits per heavy atom. The van der Waals surface area contributed by atoms with Gasteiger partial charge in [-0.25, -0.2) is 0 Å². The number of nitrogens with zero attached hydrogens (tertiary/aromatic N) is 1. The number of hydrogen-bond acceptors (Lipinski definition) is 4. The molecule has 9 atom stereocenters. The third-order valence-electron chi connectivity index (χ3n) is 9.57. The second kappa shape index (κ2) is 11.1. The van der Waals surface area contributed by atoms with E-state index >= 15 is 0 Å². The average Bonchev–Trinajstić information content (AvgIpc) is 2.82. The molecule has 6 nitrogen and oxygen atoms in total. The van der Waals surface area contributed by atoms with Crippen molar-refractivity contribution in [1.29, 1.82) is 0 Å². The summed E-state index contributed by atoms with van der Waals surface area (Å²) in [4.78, 5) is 28.2. The van der Waals surface area contributed by atoms with Crippen LogP contribution in [0.3, 0.4) is 0 Å². The fourth-order valence-corrected chi connectivity index (χ4v) is 7.45. The van der Waals surface area contributed by atoms with Gasteiger partial charge in [-0.2, -0.15) is 0 Å². The Balaban J connectivity index is 1.29. The molecule has 0 spiro atoms. The van der Waals surface area contributed by atoms with E-state index in [4.69, 9.17) is 4.74 Å². The molecular formula is C27H47N3O3. The molecule has 4 aliphatic rings. The Bertz CT molecular complexity index is 686. The monoisotopic (exact) mass is 461 g/mol. The van der Waals surface area contributed by atoms with Crippen molar-refractivity contribution in [2.75, 3.05) is 20.7 Å². The molecule has 4 fully saturated rings. The van der Waals surface area contributed by atoms with Crippen LogP contribution in [0.1, 0.15) is 84.5 Å². The van der Waals surface area contributed by atoms with E-state index in [0.717, 1.165) is 57.9 Å². The van der Waals surface area contributed by atoms with Crippen LogP contribution in [0.15, 0.2) is 0 Å². The first-order valence-electron chi connectivity index (χ1n) is 13.7. The molecule has 2 saturated carbocycles. The Labute approximate surface area is 201 Å². The highest BCUT2D eigenvalue weighted by molar-refractivity contribution is 5.80. The highest BCUT2D eigenvalue weighted by Crippen LogP contribution is 2.43. The van der Waals surface area contributed by atoms with Crippen molar-refractivity contribution < 1.29 is 14.3 Å². The number of ether oxygens (including phenoxy) is 1. The lowest BCUT2D eigenvalue weighted by Crippen LogP contribution is -2.60. The first kappa shape index (κ1) is 25.0. The van der Waals surface area contributed by atoms with E-state index in [-0.39, 0.29) is 17.9 Å². The van der Waals surface area contributed by atoms with Crippen molar-refractivity contribution in [1.82, 2.24) is 15.5 Å². The Morgan fingerprint density at radius 2 is 1.94 bits per heavy atom. The van der Waals surface area contributed by atoms with Crippen LogP contribution < -0.4 is 10.6 Å². The van der Waals surface area contributed by atoms with E-state index in [0.29, 0.717) is 54.2 Å². The molecule has 2 amide bonds. The third kappa shape index (κ3) is 5.93. The second-order valence-corrected chi connectivity index (χ2v) is 11.8. The van der Waals surface area contributed by atoms with Crippen LogP contribution in [0.2, 0.25) is 0 Å². The predicted molar refractivity (Wildman–Crippen MR) is 131 cm³/mol. The van der Waals surface area contributed by atoms with E-state index in [1.165, 1.54) is 12.8 Å². The molecule has 6 heteroatoms. The van der Waals surface area contributed by atoms with E-state index in [1.807, 2.05) is 7.05 Å². The van der Waals surface area contributed by atoms with Crippen LogP contribution in [-0.2, 0) is 14.3 Å². The maximum Gasteiger partial charge on any atom is 0.225 e. The van der Waals surface area contributed by atoms with Crippen molar-refractivity contribution in [2.24, 2.45) is 29.6 Å². The summed E-state index contributed by atoms with van der Waals surface area (Å²) >= 11 is 0. The van der Waals surface area contributed by atoms with E-state index in [1.54, 1.807) is 7.11 Å². The molecule has 188 valence electrons. The fourth-order valence-electron chi connectivity index (χ4n) is 7.45. The lowest BCUT2D eigenvalue weighted by molar-refractivity contribution is -0.148. The number of fused-ring (bicyclic) bond motifs is 1. The summed E-state index contributed by atoms with van der Waals surface area (Å²) in [6.45, 7) is 5.56. The minimum absolute atomic E-state index is 0.106. The summed E-state index contributed by atoms with van der Waals surface area (Å²) in [5.41, 5.74) is 0. The van der Waals surface area contributed by atoms with Gasteiger partial charge in [-0.1, -0.05) is 19.8 Å². The molecular weight excluding hydrogens is 414 g/mol. The van der Waals surface area contributed by atoms with E-state index < -0.39 is 0 Å². The maximum absolute atomic E-state index is 13.4. The summed E-state index contributed by atoms with van der Waals surface area (Å²) in [6.07, 6.45) is 11.8. The lowest BCUT2D eigenvalue weighted by atomic mass is 9.65. The lowest BCUT2D eigenvalue weighted by Gasteiger charge is -2.50. The first-order chi connectivity index (χ1) is 15.9. The van der Waals surface area contributed by atoms with Gasteiger partial charge in [0.1, 0.15) is 0 Å². The largest absolute Gasteiger partial charge is 0.381 e. The Hall–Kier alpha value is -1.14. The molecule has 0 aromatic rings. The van der Waals surface area contributed by atoms with Crippen LogP contribution >= 0.6 is 0 Å². The molecule has 2 N–H and O–H groups in total. The zero-order chi connectivity index (χ0) is 23.5. The standard InChI is InChI=1S/C27H47N3O3/c1-17-8-10-21(29-26(31)11-9-19-6-5-7-22(13-19)33-4)15-23(17)24-14-20-16-28-18(2)12-25(20)30(3)27(24)32/h17-25,28H,5-16H2,1-4H3,(H,29,31). The summed E-state index contributed by atoms with van der Waals surface area (Å²) in [6, 6.07) is 1.09. The number of piperidine rings is 2. The predicted octanol–water partition coefficient (Wildman–Crippen LogP) is 3.74. The van der Waals surface area contributed by atoms with Crippen LogP contribution in [0.4, 0.5) is 0 Å². The third-order valence-corrected chi connectivity index (χ3v) is 9.57. The Kier molecular flexibility index (Phi) is 8.37. The summed E-state index contributed by atoms with van der Waals surface area (Å²) < 4.78 is 5.55. The summed E-state index contributed by atoms with van der Waals surface area (Å²) in [5.74, 6) is 2.74. The van der Waals surface area contributed by atoms with Gasteiger partial charge in [-0.3, -0.25) is 9.59 Å². The molecule has 0 aromatic carbocycles. The number of carbonyl (C=O) groups excluding carboxylic acids is 2. The van der Waals surface area contributed by atoms with Gasteiger partial charge in [0.05, 0.1) is 6.10 Å². The van der Waals surface area contributed by atoms with Crippen molar-refractivity contribution >= 4 is 11.8 Å². The maximum atomic E-state index is 13.4. The van der Waals surface area contributed by atoms with Gasteiger partial charge in [0.15, 0.2) is 0 Å². The van der Waals surface area contributed by atoms with E-state index in [2.05, 4.69) is 29.4 Å². The minimum atomic E-state index is 0.106. The molecule has 2 aliphatic carbocycles. The second-order valence-electron chi connectivity index (χ2n) is 11.8. The number of methoxy groups -OCH3 is 1. The number of likely N-dealkylation sites (tertiary alicyclic amines) is 1. The number of hydrogen-bond donors (Lipinski definition) is 2. The van der Waals surface area contributed by atoms with Crippen molar-refractivity contribution in [2.45, 2.75) is 109 Å². The molecule has 2 saturated heterocycles. The normalized spacial score (nSPS) is 42.0. The van der Waals surface area contributed by atoms with Gasteiger partial charge >= 0.3 is 0 Å². The SMILES string of the molecule is COC1CCCC(CCC(=O)NC2CCC(C)C(C3CC4CNC(C)CC4N(C)C3=O)C2)C1. The molecule has 9 unspecified atom stereocenters. The number of nitrogens with one attached hydrogen (secondary N) is 2. The zero-order valence-corrected chi connectivity index (χ0v) is 21.4. The van der Waals surface area contributed by atoms with Gasteiger partial charge in [0, 0.05) is 51.2 Å². The van der Waals surface area contributed by atoms with Gasteiger partial charge < -0.3 is 20.3 Å². The first-order valence-corrected chi connectivity index (χ1v) is 13.7. The van der Waals surface area contributed by atoms with Crippen molar-refractivity contribution in [3.63, 3.8) is 0 Å². The van der Waals surface area contributed by atoms with Crippen LogP contribution in [0.5, 0.6) is 0 Å². The van der Waals surface area contributed by atoms with Crippen LogP contribution in [0.25, 0.3) is 0 Å². The summed E-state index contributed by atoms with van der Waals surface area (Å²) in [5, 5.41) is 6.98. The summed E-state index contributed by atoms with van der Waals surface area (Å²) in [7, 11) is 3.83. The number of carbonyl (C=O) groups is 2. The average molecular weight is 462 g/mol. The highest BCUT2D eigenvalue weighted by Gasteiger charge is 2.47. The van der Waals surface area contributed by atoms with Gasteiger partial charge in [0.2, 0.25) is 11.8 Å². The minimum Gasteiger partial charge on any atom is -0.381 e. The van der Waals surface area contributed by atoms with E-state index in [9.17, 15) is 9.59 Å². The number of amides is 2. The van der Waals surface area contributed by atoms with Gasteiger partial charge in [-0.05, 0) is 82.0 Å². The topological polar surface area (TPSA) is 70.7 Å². The molecule has 4 rings (SSSR count). The smallest absolute Gasteiger partial charge is 0.225 e. The number of rotatable bonds is 6. The van der Waals surface area contributed by atoms with Crippen molar-refractivity contribution in [3.05, 3.63) is 0 Å². The zero-order valence-electron chi connectivity index (χ0n) is 21.4. The Morgan fingerprint density at radius 1 is 1.12 bits per heavy atom. The molecule has 0 aromatic heterocycles. The van der Waals surface area contributed by atoms with Crippen molar-refractivity contribution in [3.8, 4) is 0 Å². The molecule has 2 aliphatic heterocycles. The highest BCUT2D eigenvalue weighted by atomic mass is 16.5. The molecule has 33 heavy (non-hydrogen) atoms. The quantitative estimate of drug-likeness (QED) is 0.632. The van der Waals surface area contributed by atoms with Crippen LogP contribution in [0, 0.1) is 29.6 Å². The van der Waals surface area contributed by atoms with Gasteiger partial charge in [-0.15, -0.1) is 0 Å². The molecule has 0 bridgehead atoms.